The Balaban J connectivity index is 0.00000220. The summed E-state index contributed by atoms with van der Waals surface area (Å²) in [6.45, 7) is 3.86. The summed E-state index contributed by atoms with van der Waals surface area (Å²) in [5.41, 5.74) is 3.00. The molecule has 1 saturated carbocycles. The molecule has 1 heterocycles. The van der Waals surface area contributed by atoms with Gasteiger partial charge in [0.1, 0.15) is 0 Å². The summed E-state index contributed by atoms with van der Waals surface area (Å²) in [5, 5.41) is 6.75. The summed E-state index contributed by atoms with van der Waals surface area (Å²) in [6, 6.07) is 0. The first kappa shape index (κ1) is 18.7. The molecule has 1 aromatic rings. The lowest BCUT2D eigenvalue weighted by atomic mass is 10.0. The highest BCUT2D eigenvalue weighted by atomic mass is 127. The first-order valence-electron chi connectivity index (χ1n) is 7.63. The van der Waals surface area contributed by atoms with Gasteiger partial charge in [-0.3, -0.25) is 4.99 Å². The van der Waals surface area contributed by atoms with E-state index in [0.29, 0.717) is 0 Å². The van der Waals surface area contributed by atoms with Gasteiger partial charge in [-0.25, -0.2) is 4.98 Å². The number of thiazole rings is 1. The normalized spacial score (nSPS) is 15.8. The highest BCUT2D eigenvalue weighted by Gasteiger charge is 2.14. The minimum Gasteiger partial charge on any atom is -0.356 e. The first-order valence-corrected chi connectivity index (χ1v) is 8.51. The second-order valence-electron chi connectivity index (χ2n) is 5.51. The molecule has 2 rings (SSSR count). The van der Waals surface area contributed by atoms with E-state index in [1.807, 2.05) is 19.5 Å². The van der Waals surface area contributed by atoms with Crippen molar-refractivity contribution in [3.63, 3.8) is 0 Å². The van der Waals surface area contributed by atoms with E-state index in [4.69, 9.17) is 0 Å². The second-order valence-corrected chi connectivity index (χ2v) is 6.45. The van der Waals surface area contributed by atoms with Crippen LogP contribution in [0.15, 0.2) is 10.5 Å². The molecule has 1 aliphatic carbocycles. The van der Waals surface area contributed by atoms with Gasteiger partial charge < -0.3 is 10.6 Å². The molecule has 1 aromatic heterocycles. The largest absolute Gasteiger partial charge is 0.356 e. The Morgan fingerprint density at radius 2 is 2.14 bits per heavy atom. The Morgan fingerprint density at radius 1 is 1.38 bits per heavy atom. The first-order chi connectivity index (χ1) is 9.79. The summed E-state index contributed by atoms with van der Waals surface area (Å²) in [7, 11) is 1.83. The maximum Gasteiger partial charge on any atom is 0.191 e. The smallest absolute Gasteiger partial charge is 0.191 e. The van der Waals surface area contributed by atoms with Crippen LogP contribution in [0.4, 0.5) is 0 Å². The molecule has 0 unspecified atom stereocenters. The number of aryl methyl sites for hydroxylation is 1. The van der Waals surface area contributed by atoms with Crippen molar-refractivity contribution in [1.82, 2.24) is 15.6 Å². The van der Waals surface area contributed by atoms with Gasteiger partial charge in [0.15, 0.2) is 5.96 Å². The zero-order valence-electron chi connectivity index (χ0n) is 13.0. The fraction of sp³-hybridized carbons (Fsp3) is 0.733. The van der Waals surface area contributed by atoms with Crippen LogP contribution in [-0.4, -0.2) is 24.5 Å². The SMILES string of the molecule is CN=C(NCCCC1CCCC1)NCc1scnc1C.I. The highest BCUT2D eigenvalue weighted by Crippen LogP contribution is 2.28. The number of aliphatic imine (C=N–C) groups is 1. The number of guanidine groups is 1. The van der Waals surface area contributed by atoms with E-state index in [9.17, 15) is 0 Å². The van der Waals surface area contributed by atoms with Gasteiger partial charge in [-0.05, 0) is 25.7 Å². The van der Waals surface area contributed by atoms with E-state index in [0.717, 1.165) is 30.7 Å². The summed E-state index contributed by atoms with van der Waals surface area (Å²) in [6.07, 6.45) is 8.36. The molecule has 6 heteroatoms. The fourth-order valence-corrected chi connectivity index (χ4v) is 3.49. The van der Waals surface area contributed by atoms with Gasteiger partial charge in [0.2, 0.25) is 0 Å². The van der Waals surface area contributed by atoms with Gasteiger partial charge in [0.05, 0.1) is 17.7 Å². The van der Waals surface area contributed by atoms with Crippen LogP contribution in [0, 0.1) is 12.8 Å². The molecule has 1 fully saturated rings. The molecule has 0 aliphatic heterocycles. The molecular weight excluding hydrogens is 395 g/mol. The van der Waals surface area contributed by atoms with Crippen molar-refractivity contribution in [1.29, 1.82) is 0 Å². The van der Waals surface area contributed by atoms with Crippen LogP contribution in [0.2, 0.25) is 0 Å². The van der Waals surface area contributed by atoms with Crippen LogP contribution in [-0.2, 0) is 6.54 Å². The predicted octanol–water partition coefficient (Wildman–Crippen LogP) is 3.70. The summed E-state index contributed by atoms with van der Waals surface area (Å²) >= 11 is 1.69. The van der Waals surface area contributed by atoms with E-state index in [1.54, 1.807) is 11.3 Å². The fourth-order valence-electron chi connectivity index (χ4n) is 2.78. The van der Waals surface area contributed by atoms with Crippen LogP contribution in [0.25, 0.3) is 0 Å². The summed E-state index contributed by atoms with van der Waals surface area (Å²) in [4.78, 5) is 9.80. The molecule has 0 bridgehead atoms. The molecular formula is C15H27IN4S. The molecule has 0 saturated heterocycles. The van der Waals surface area contributed by atoms with Crippen LogP contribution in [0.1, 0.15) is 49.1 Å². The van der Waals surface area contributed by atoms with E-state index in [2.05, 4.69) is 20.6 Å². The Bertz CT molecular complexity index is 427. The van der Waals surface area contributed by atoms with E-state index < -0.39 is 0 Å². The topological polar surface area (TPSA) is 49.3 Å². The van der Waals surface area contributed by atoms with Crippen LogP contribution < -0.4 is 10.6 Å². The van der Waals surface area contributed by atoms with Gasteiger partial charge in [0, 0.05) is 18.5 Å². The third kappa shape index (κ3) is 6.50. The Morgan fingerprint density at radius 3 is 2.76 bits per heavy atom. The number of hydrogen-bond acceptors (Lipinski definition) is 3. The zero-order valence-corrected chi connectivity index (χ0v) is 16.2. The lowest BCUT2D eigenvalue weighted by molar-refractivity contribution is 0.481. The van der Waals surface area contributed by atoms with Crippen LogP contribution in [0.5, 0.6) is 0 Å². The number of nitrogens with one attached hydrogen (secondary N) is 2. The number of halogens is 1. The van der Waals surface area contributed by atoms with Gasteiger partial charge in [-0.2, -0.15) is 0 Å². The van der Waals surface area contributed by atoms with Gasteiger partial charge >= 0.3 is 0 Å². The molecule has 1 aliphatic rings. The third-order valence-corrected chi connectivity index (χ3v) is 4.98. The molecule has 21 heavy (non-hydrogen) atoms. The number of rotatable bonds is 6. The number of aromatic nitrogens is 1. The molecule has 120 valence electrons. The molecule has 0 aromatic carbocycles. The molecule has 4 nitrogen and oxygen atoms in total. The van der Waals surface area contributed by atoms with Crippen molar-refractivity contribution in [2.45, 2.75) is 52.0 Å². The lowest BCUT2D eigenvalue weighted by Gasteiger charge is -2.13. The van der Waals surface area contributed by atoms with Crippen molar-refractivity contribution in [2.75, 3.05) is 13.6 Å². The average molecular weight is 422 g/mol. The van der Waals surface area contributed by atoms with E-state index in [-0.39, 0.29) is 24.0 Å². The van der Waals surface area contributed by atoms with E-state index in [1.165, 1.54) is 43.4 Å². The van der Waals surface area contributed by atoms with Crippen molar-refractivity contribution >= 4 is 41.3 Å². The van der Waals surface area contributed by atoms with E-state index >= 15 is 0 Å². The van der Waals surface area contributed by atoms with Crippen molar-refractivity contribution in [3.8, 4) is 0 Å². The van der Waals surface area contributed by atoms with Gasteiger partial charge in [-0.1, -0.05) is 25.7 Å². The Hall–Kier alpha value is -0.370. The standard InChI is InChI=1S/C15H26N4S.HI/c1-12-14(20-11-19-12)10-18-15(16-2)17-9-5-8-13-6-3-4-7-13;/h11,13H,3-10H2,1-2H3,(H2,16,17,18);1H. The maximum absolute atomic E-state index is 4.27. The molecule has 0 amide bonds. The number of nitrogens with zero attached hydrogens (tertiary/aromatic N) is 2. The minimum absolute atomic E-state index is 0. The van der Waals surface area contributed by atoms with Gasteiger partial charge in [-0.15, -0.1) is 35.3 Å². The summed E-state index contributed by atoms with van der Waals surface area (Å²) in [5.74, 6) is 1.87. The predicted molar refractivity (Wildman–Crippen MR) is 102 cm³/mol. The van der Waals surface area contributed by atoms with Crippen LogP contribution in [0.3, 0.4) is 0 Å². The maximum atomic E-state index is 4.27. The van der Waals surface area contributed by atoms with Crippen molar-refractivity contribution in [2.24, 2.45) is 10.9 Å². The monoisotopic (exact) mass is 422 g/mol. The van der Waals surface area contributed by atoms with Crippen LogP contribution >= 0.6 is 35.3 Å². The van der Waals surface area contributed by atoms with Gasteiger partial charge in [0.25, 0.3) is 0 Å². The average Bonchev–Trinajstić information content (AvgIpc) is 3.10. The lowest BCUT2D eigenvalue weighted by Crippen LogP contribution is -2.37. The van der Waals surface area contributed by atoms with Crippen molar-refractivity contribution < 1.29 is 0 Å². The molecule has 2 N–H and O–H groups in total. The minimum atomic E-state index is 0. The quantitative estimate of drug-likeness (QED) is 0.318. The Kier molecular flexibility index (Phi) is 9.23. The molecule has 0 radical (unpaired) electrons. The highest BCUT2D eigenvalue weighted by molar-refractivity contribution is 14.0. The molecule has 0 spiro atoms. The summed E-state index contributed by atoms with van der Waals surface area (Å²) < 4.78 is 0. The number of hydrogen-bond donors (Lipinski definition) is 2. The molecule has 0 atom stereocenters. The zero-order chi connectivity index (χ0) is 14.2. The second kappa shape index (κ2) is 10.4. The third-order valence-electron chi connectivity index (χ3n) is 4.04. The van der Waals surface area contributed by atoms with Crippen molar-refractivity contribution in [3.05, 3.63) is 16.1 Å². The Labute approximate surface area is 149 Å².